The SMILES string of the molecule is CC(=O)Cc1ccc(O)c(OC(F)(F)F)c1. The van der Waals surface area contributed by atoms with Crippen LogP contribution in [-0.4, -0.2) is 17.3 Å². The molecule has 0 heterocycles. The molecule has 0 atom stereocenters. The van der Waals surface area contributed by atoms with Crippen LogP contribution in [0.15, 0.2) is 18.2 Å². The van der Waals surface area contributed by atoms with Crippen molar-refractivity contribution in [2.24, 2.45) is 0 Å². The van der Waals surface area contributed by atoms with Gasteiger partial charge in [-0.05, 0) is 24.6 Å². The van der Waals surface area contributed by atoms with Crippen molar-refractivity contribution in [3.8, 4) is 11.5 Å². The summed E-state index contributed by atoms with van der Waals surface area (Å²) in [5.41, 5.74) is 0.351. The van der Waals surface area contributed by atoms with Crippen LogP contribution in [-0.2, 0) is 11.2 Å². The van der Waals surface area contributed by atoms with Crippen LogP contribution in [0.25, 0.3) is 0 Å². The number of phenols is 1. The van der Waals surface area contributed by atoms with E-state index in [1.165, 1.54) is 13.0 Å². The van der Waals surface area contributed by atoms with Crippen molar-refractivity contribution in [3.05, 3.63) is 23.8 Å². The lowest BCUT2D eigenvalue weighted by Gasteiger charge is -2.11. The summed E-state index contributed by atoms with van der Waals surface area (Å²) in [6, 6.07) is 3.41. The van der Waals surface area contributed by atoms with Gasteiger partial charge >= 0.3 is 6.36 Å². The first-order valence-electron chi connectivity index (χ1n) is 4.35. The second-order valence-electron chi connectivity index (χ2n) is 3.23. The highest BCUT2D eigenvalue weighted by atomic mass is 19.4. The predicted molar refractivity (Wildman–Crippen MR) is 49.2 cm³/mol. The lowest BCUT2D eigenvalue weighted by atomic mass is 10.1. The maximum atomic E-state index is 11.9. The Labute approximate surface area is 89.5 Å². The maximum Gasteiger partial charge on any atom is 0.573 e. The molecule has 0 saturated heterocycles. The molecule has 0 spiro atoms. The van der Waals surface area contributed by atoms with Gasteiger partial charge in [-0.3, -0.25) is 4.79 Å². The van der Waals surface area contributed by atoms with Crippen LogP contribution in [0, 0.1) is 0 Å². The van der Waals surface area contributed by atoms with Crippen LogP contribution in [0.2, 0.25) is 0 Å². The number of aromatic hydroxyl groups is 1. The summed E-state index contributed by atoms with van der Waals surface area (Å²) in [4.78, 5) is 10.8. The molecule has 0 bridgehead atoms. The quantitative estimate of drug-likeness (QED) is 0.873. The average Bonchev–Trinajstić information content (AvgIpc) is 2.07. The third kappa shape index (κ3) is 3.80. The number of benzene rings is 1. The van der Waals surface area contributed by atoms with E-state index in [-0.39, 0.29) is 12.2 Å². The molecule has 6 heteroatoms. The highest BCUT2D eigenvalue weighted by molar-refractivity contribution is 5.78. The van der Waals surface area contributed by atoms with Crippen LogP contribution in [0.4, 0.5) is 13.2 Å². The highest BCUT2D eigenvalue weighted by Gasteiger charge is 2.32. The second-order valence-corrected chi connectivity index (χ2v) is 3.23. The summed E-state index contributed by atoms with van der Waals surface area (Å²) < 4.78 is 39.3. The van der Waals surface area contributed by atoms with E-state index in [9.17, 15) is 18.0 Å². The van der Waals surface area contributed by atoms with E-state index in [0.29, 0.717) is 5.56 Å². The normalized spacial score (nSPS) is 11.2. The molecule has 3 nitrogen and oxygen atoms in total. The standard InChI is InChI=1S/C10H9F3O3/c1-6(14)4-7-2-3-8(15)9(5-7)16-10(11,12)13/h2-3,5,15H,4H2,1H3. The largest absolute Gasteiger partial charge is 0.573 e. The van der Waals surface area contributed by atoms with Crippen molar-refractivity contribution in [1.82, 2.24) is 0 Å². The van der Waals surface area contributed by atoms with Gasteiger partial charge in [-0.25, -0.2) is 0 Å². The fourth-order valence-electron chi connectivity index (χ4n) is 1.16. The zero-order valence-corrected chi connectivity index (χ0v) is 8.34. The lowest BCUT2D eigenvalue weighted by molar-refractivity contribution is -0.275. The molecular weight excluding hydrogens is 225 g/mol. The van der Waals surface area contributed by atoms with Crippen molar-refractivity contribution in [1.29, 1.82) is 0 Å². The Hall–Kier alpha value is -1.72. The van der Waals surface area contributed by atoms with Gasteiger partial charge in [-0.2, -0.15) is 0 Å². The van der Waals surface area contributed by atoms with Gasteiger partial charge in [0.1, 0.15) is 5.78 Å². The first-order chi connectivity index (χ1) is 7.28. The number of hydrogen-bond donors (Lipinski definition) is 1. The molecule has 1 N–H and O–H groups in total. The summed E-state index contributed by atoms with van der Waals surface area (Å²) in [7, 11) is 0. The molecular formula is C10H9F3O3. The van der Waals surface area contributed by atoms with Gasteiger partial charge in [-0.15, -0.1) is 13.2 Å². The monoisotopic (exact) mass is 234 g/mol. The Balaban J connectivity index is 2.95. The number of ether oxygens (including phenoxy) is 1. The zero-order valence-electron chi connectivity index (χ0n) is 8.34. The molecule has 0 aliphatic heterocycles. The Morgan fingerprint density at radius 1 is 1.44 bits per heavy atom. The van der Waals surface area contributed by atoms with Gasteiger partial charge in [0.2, 0.25) is 0 Å². The summed E-state index contributed by atoms with van der Waals surface area (Å²) in [6.07, 6.45) is -4.87. The molecule has 0 aromatic heterocycles. The van der Waals surface area contributed by atoms with Crippen LogP contribution in [0.1, 0.15) is 12.5 Å². The van der Waals surface area contributed by atoms with Crippen molar-refractivity contribution < 1.29 is 27.8 Å². The molecule has 1 aromatic carbocycles. The van der Waals surface area contributed by atoms with Crippen molar-refractivity contribution >= 4 is 5.78 Å². The number of carbonyl (C=O) groups excluding carboxylic acids is 1. The third-order valence-corrected chi connectivity index (χ3v) is 1.70. The number of ketones is 1. The number of hydrogen-bond acceptors (Lipinski definition) is 3. The predicted octanol–water partition coefficient (Wildman–Crippen LogP) is 2.42. The van der Waals surface area contributed by atoms with Gasteiger partial charge in [0.15, 0.2) is 11.5 Å². The van der Waals surface area contributed by atoms with E-state index in [4.69, 9.17) is 5.11 Å². The molecule has 0 saturated carbocycles. The number of phenolic OH excluding ortho intramolecular Hbond substituents is 1. The minimum atomic E-state index is -4.87. The van der Waals surface area contributed by atoms with E-state index < -0.39 is 17.9 Å². The fraction of sp³-hybridized carbons (Fsp3) is 0.300. The van der Waals surface area contributed by atoms with E-state index in [1.54, 1.807) is 0 Å². The summed E-state index contributed by atoms with van der Waals surface area (Å²) in [5, 5.41) is 9.12. The van der Waals surface area contributed by atoms with Crippen LogP contribution in [0.5, 0.6) is 11.5 Å². The highest BCUT2D eigenvalue weighted by Crippen LogP contribution is 2.32. The Morgan fingerprint density at radius 2 is 2.06 bits per heavy atom. The number of rotatable bonds is 3. The zero-order chi connectivity index (χ0) is 12.3. The maximum absolute atomic E-state index is 11.9. The van der Waals surface area contributed by atoms with E-state index in [2.05, 4.69) is 4.74 Å². The average molecular weight is 234 g/mol. The molecule has 0 aliphatic carbocycles. The summed E-state index contributed by atoms with van der Waals surface area (Å²) in [6.45, 7) is 1.32. The van der Waals surface area contributed by atoms with Crippen LogP contribution in [0.3, 0.4) is 0 Å². The van der Waals surface area contributed by atoms with Crippen molar-refractivity contribution in [2.45, 2.75) is 19.7 Å². The van der Waals surface area contributed by atoms with Gasteiger partial charge in [-0.1, -0.05) is 6.07 Å². The summed E-state index contributed by atoms with van der Waals surface area (Å²) >= 11 is 0. The topological polar surface area (TPSA) is 46.5 Å². The number of alkyl halides is 3. The Bertz CT molecular complexity index is 399. The Morgan fingerprint density at radius 3 is 2.56 bits per heavy atom. The lowest BCUT2D eigenvalue weighted by Crippen LogP contribution is -2.17. The first kappa shape index (κ1) is 12.4. The fourth-order valence-corrected chi connectivity index (χ4v) is 1.16. The Kier molecular flexibility index (Phi) is 3.41. The molecule has 0 aliphatic rings. The molecule has 16 heavy (non-hydrogen) atoms. The minimum Gasteiger partial charge on any atom is -0.504 e. The smallest absolute Gasteiger partial charge is 0.504 e. The minimum absolute atomic E-state index is 0.00546. The molecule has 1 aromatic rings. The molecule has 0 unspecified atom stereocenters. The molecule has 0 fully saturated rings. The van der Waals surface area contributed by atoms with E-state index in [0.717, 1.165) is 12.1 Å². The van der Waals surface area contributed by atoms with E-state index >= 15 is 0 Å². The van der Waals surface area contributed by atoms with Gasteiger partial charge in [0, 0.05) is 6.42 Å². The summed E-state index contributed by atoms with van der Waals surface area (Å²) in [5.74, 6) is -1.51. The van der Waals surface area contributed by atoms with E-state index in [1.807, 2.05) is 0 Å². The van der Waals surface area contributed by atoms with Crippen molar-refractivity contribution in [3.63, 3.8) is 0 Å². The number of Topliss-reactive ketones (excluding diaryl/α,β-unsaturated/α-hetero) is 1. The van der Waals surface area contributed by atoms with Gasteiger partial charge < -0.3 is 9.84 Å². The number of carbonyl (C=O) groups is 1. The van der Waals surface area contributed by atoms with Crippen LogP contribution < -0.4 is 4.74 Å². The second kappa shape index (κ2) is 4.42. The third-order valence-electron chi connectivity index (χ3n) is 1.70. The van der Waals surface area contributed by atoms with Gasteiger partial charge in [0.25, 0.3) is 0 Å². The molecule has 88 valence electrons. The number of halogens is 3. The van der Waals surface area contributed by atoms with Crippen molar-refractivity contribution in [2.75, 3.05) is 0 Å². The molecule has 0 radical (unpaired) electrons. The van der Waals surface area contributed by atoms with Crippen LogP contribution >= 0.6 is 0 Å². The first-order valence-corrected chi connectivity index (χ1v) is 4.35. The molecule has 1 rings (SSSR count). The molecule has 0 amide bonds. The van der Waals surface area contributed by atoms with Gasteiger partial charge in [0.05, 0.1) is 0 Å².